The lowest BCUT2D eigenvalue weighted by Crippen LogP contribution is -2.15. The van der Waals surface area contributed by atoms with E-state index in [4.69, 9.17) is 9.47 Å². The molecule has 0 fully saturated rings. The fourth-order valence-corrected chi connectivity index (χ4v) is 2.87. The van der Waals surface area contributed by atoms with Crippen molar-refractivity contribution in [3.8, 4) is 11.5 Å². The van der Waals surface area contributed by atoms with E-state index in [1.807, 2.05) is 56.6 Å². The van der Waals surface area contributed by atoms with Crippen LogP contribution in [0, 0.1) is 0 Å². The van der Waals surface area contributed by atoms with Crippen LogP contribution in [0.5, 0.6) is 11.5 Å². The van der Waals surface area contributed by atoms with Crippen LogP contribution in [0.4, 0.5) is 5.69 Å². The highest BCUT2D eigenvalue weighted by molar-refractivity contribution is 6.01. The first kappa shape index (κ1) is 19.0. The summed E-state index contributed by atoms with van der Waals surface area (Å²) in [6.45, 7) is 2.41. The highest BCUT2D eigenvalue weighted by Crippen LogP contribution is 2.26. The van der Waals surface area contributed by atoms with Crippen LogP contribution in [0.15, 0.2) is 48.5 Å². The van der Waals surface area contributed by atoms with Crippen LogP contribution in [0.1, 0.15) is 17.5 Å². The normalized spacial score (nSPS) is 12.9. The summed E-state index contributed by atoms with van der Waals surface area (Å²) < 4.78 is 11.2. The topological polar surface area (TPSA) is 50.8 Å². The van der Waals surface area contributed by atoms with Crippen LogP contribution in [-0.2, 0) is 11.2 Å². The van der Waals surface area contributed by atoms with E-state index in [1.54, 1.807) is 6.08 Å². The molecular weight excluding hydrogens is 340 g/mol. The van der Waals surface area contributed by atoms with Crippen molar-refractivity contribution in [1.82, 2.24) is 4.90 Å². The number of carbonyl (C=O) groups is 1. The molecule has 1 aliphatic heterocycles. The van der Waals surface area contributed by atoms with Crippen molar-refractivity contribution in [3.05, 3.63) is 59.7 Å². The third-order valence-electron chi connectivity index (χ3n) is 4.28. The first-order valence-corrected chi connectivity index (χ1v) is 9.22. The second kappa shape index (κ2) is 9.24. The minimum atomic E-state index is -0.161. The number of hydrogen-bond donors (Lipinski definition) is 1. The van der Waals surface area contributed by atoms with Crippen molar-refractivity contribution >= 4 is 17.7 Å². The fraction of sp³-hybridized carbons (Fsp3) is 0.318. The van der Waals surface area contributed by atoms with Gasteiger partial charge in [0.2, 0.25) is 5.91 Å². The predicted molar refractivity (Wildman–Crippen MR) is 108 cm³/mol. The van der Waals surface area contributed by atoms with Crippen LogP contribution in [0.25, 0.3) is 6.08 Å². The van der Waals surface area contributed by atoms with E-state index in [1.165, 1.54) is 5.56 Å². The molecule has 0 unspecified atom stereocenters. The standard InChI is InChI=1S/C22H26N2O3/c1-24(2)13-3-14-26-20-8-6-19(7-9-20)23-22(25)11-5-17-4-10-21-18(16-17)12-15-27-21/h4-11,16H,3,12-15H2,1-2H3,(H,23,25)/b11-5+. The summed E-state index contributed by atoms with van der Waals surface area (Å²) in [5.41, 5.74) is 2.93. The highest BCUT2D eigenvalue weighted by Gasteiger charge is 2.11. The van der Waals surface area contributed by atoms with Crippen LogP contribution in [0.2, 0.25) is 0 Å². The van der Waals surface area contributed by atoms with Crippen molar-refractivity contribution in [1.29, 1.82) is 0 Å². The molecule has 0 saturated carbocycles. The van der Waals surface area contributed by atoms with Gasteiger partial charge in [-0.2, -0.15) is 0 Å². The maximum absolute atomic E-state index is 12.1. The van der Waals surface area contributed by atoms with Gasteiger partial charge in [0.05, 0.1) is 13.2 Å². The lowest BCUT2D eigenvalue weighted by molar-refractivity contribution is -0.111. The van der Waals surface area contributed by atoms with Gasteiger partial charge in [-0.25, -0.2) is 0 Å². The Morgan fingerprint density at radius 1 is 1.22 bits per heavy atom. The molecule has 142 valence electrons. The molecule has 5 heteroatoms. The zero-order valence-electron chi connectivity index (χ0n) is 15.9. The smallest absolute Gasteiger partial charge is 0.248 e. The van der Waals surface area contributed by atoms with E-state index < -0.39 is 0 Å². The number of amides is 1. The third kappa shape index (κ3) is 5.86. The maximum atomic E-state index is 12.1. The largest absolute Gasteiger partial charge is 0.494 e. The molecule has 1 aliphatic rings. The molecule has 0 aromatic heterocycles. The van der Waals surface area contributed by atoms with Gasteiger partial charge in [-0.1, -0.05) is 6.07 Å². The second-order valence-corrected chi connectivity index (χ2v) is 6.82. The van der Waals surface area contributed by atoms with Gasteiger partial charge in [0, 0.05) is 24.7 Å². The average molecular weight is 366 g/mol. The summed E-state index contributed by atoms with van der Waals surface area (Å²) >= 11 is 0. The number of nitrogens with one attached hydrogen (secondary N) is 1. The summed E-state index contributed by atoms with van der Waals surface area (Å²) in [5, 5.41) is 2.86. The molecule has 1 amide bonds. The fourth-order valence-electron chi connectivity index (χ4n) is 2.87. The molecule has 0 spiro atoms. The SMILES string of the molecule is CN(C)CCCOc1ccc(NC(=O)/C=C/c2ccc3c(c2)CCO3)cc1. The maximum Gasteiger partial charge on any atom is 0.248 e. The highest BCUT2D eigenvalue weighted by atomic mass is 16.5. The zero-order valence-corrected chi connectivity index (χ0v) is 15.9. The Kier molecular flexibility index (Phi) is 6.49. The Labute approximate surface area is 160 Å². The lowest BCUT2D eigenvalue weighted by atomic mass is 10.1. The predicted octanol–water partition coefficient (Wildman–Crippen LogP) is 3.60. The van der Waals surface area contributed by atoms with Gasteiger partial charge < -0.3 is 19.7 Å². The molecule has 2 aromatic carbocycles. The minimum Gasteiger partial charge on any atom is -0.494 e. The van der Waals surface area contributed by atoms with E-state index in [0.717, 1.165) is 48.7 Å². The van der Waals surface area contributed by atoms with Gasteiger partial charge in [-0.15, -0.1) is 0 Å². The van der Waals surface area contributed by atoms with Crippen molar-refractivity contribution in [3.63, 3.8) is 0 Å². The van der Waals surface area contributed by atoms with Crippen molar-refractivity contribution in [2.75, 3.05) is 39.2 Å². The van der Waals surface area contributed by atoms with Gasteiger partial charge in [0.1, 0.15) is 11.5 Å². The first-order valence-electron chi connectivity index (χ1n) is 9.22. The third-order valence-corrected chi connectivity index (χ3v) is 4.28. The molecule has 1 heterocycles. The Morgan fingerprint density at radius 2 is 2.04 bits per heavy atom. The number of carbonyl (C=O) groups excluding carboxylic acids is 1. The van der Waals surface area contributed by atoms with Crippen LogP contribution >= 0.6 is 0 Å². The number of ether oxygens (including phenoxy) is 2. The molecule has 27 heavy (non-hydrogen) atoms. The monoisotopic (exact) mass is 366 g/mol. The molecule has 3 rings (SSSR count). The molecule has 0 saturated heterocycles. The number of hydrogen-bond acceptors (Lipinski definition) is 4. The molecule has 5 nitrogen and oxygen atoms in total. The molecular formula is C22H26N2O3. The van der Waals surface area contributed by atoms with Crippen molar-refractivity contribution < 1.29 is 14.3 Å². The van der Waals surface area contributed by atoms with E-state index in [2.05, 4.69) is 16.3 Å². The number of nitrogens with zero attached hydrogens (tertiary/aromatic N) is 1. The Bertz CT molecular complexity index is 798. The van der Waals surface area contributed by atoms with Crippen LogP contribution < -0.4 is 14.8 Å². The zero-order chi connectivity index (χ0) is 19.1. The van der Waals surface area contributed by atoms with Crippen LogP contribution in [-0.4, -0.2) is 44.7 Å². The molecule has 1 N–H and O–H groups in total. The quantitative estimate of drug-likeness (QED) is 0.573. The van der Waals surface area contributed by atoms with E-state index in [-0.39, 0.29) is 5.91 Å². The average Bonchev–Trinajstić information content (AvgIpc) is 3.12. The van der Waals surface area contributed by atoms with Crippen molar-refractivity contribution in [2.24, 2.45) is 0 Å². The number of fused-ring (bicyclic) bond motifs is 1. The van der Waals surface area contributed by atoms with E-state index >= 15 is 0 Å². The molecule has 0 aliphatic carbocycles. The van der Waals surface area contributed by atoms with E-state index in [0.29, 0.717) is 6.61 Å². The summed E-state index contributed by atoms with van der Waals surface area (Å²) in [5.74, 6) is 1.59. The Balaban J connectivity index is 1.47. The summed E-state index contributed by atoms with van der Waals surface area (Å²) in [6, 6.07) is 13.4. The van der Waals surface area contributed by atoms with Gasteiger partial charge in [-0.05, 0) is 74.1 Å². The minimum absolute atomic E-state index is 0.161. The van der Waals surface area contributed by atoms with Gasteiger partial charge in [0.25, 0.3) is 0 Å². The number of rotatable bonds is 8. The number of benzene rings is 2. The molecule has 2 aromatic rings. The van der Waals surface area contributed by atoms with E-state index in [9.17, 15) is 4.79 Å². The first-order chi connectivity index (χ1) is 13.1. The summed E-state index contributed by atoms with van der Waals surface area (Å²) in [6.07, 6.45) is 5.26. The van der Waals surface area contributed by atoms with Gasteiger partial charge >= 0.3 is 0 Å². The number of anilines is 1. The molecule has 0 bridgehead atoms. The lowest BCUT2D eigenvalue weighted by Gasteiger charge is -2.10. The molecule has 0 atom stereocenters. The summed E-state index contributed by atoms with van der Waals surface area (Å²) in [7, 11) is 4.09. The Morgan fingerprint density at radius 3 is 2.81 bits per heavy atom. The Hall–Kier alpha value is -2.79. The summed E-state index contributed by atoms with van der Waals surface area (Å²) in [4.78, 5) is 14.3. The van der Waals surface area contributed by atoms with Crippen molar-refractivity contribution in [2.45, 2.75) is 12.8 Å². The van der Waals surface area contributed by atoms with Gasteiger partial charge in [-0.3, -0.25) is 4.79 Å². The van der Waals surface area contributed by atoms with Gasteiger partial charge in [0.15, 0.2) is 0 Å². The molecule has 0 radical (unpaired) electrons. The second-order valence-electron chi connectivity index (χ2n) is 6.82. The van der Waals surface area contributed by atoms with Crippen LogP contribution in [0.3, 0.4) is 0 Å².